The minimum atomic E-state index is -0.151. The van der Waals surface area contributed by atoms with Gasteiger partial charge in [-0.15, -0.1) is 0 Å². The lowest BCUT2D eigenvalue weighted by Crippen LogP contribution is -2.22. The monoisotopic (exact) mass is 241 g/mol. The van der Waals surface area contributed by atoms with Gasteiger partial charge in [0.1, 0.15) is 6.04 Å². The van der Waals surface area contributed by atoms with Crippen LogP contribution < -0.4 is 10.2 Å². The summed E-state index contributed by atoms with van der Waals surface area (Å²) in [5.41, 5.74) is 3.81. The first-order chi connectivity index (χ1) is 8.78. The fourth-order valence-electron chi connectivity index (χ4n) is 2.61. The molecule has 3 nitrogen and oxygen atoms in total. The highest BCUT2D eigenvalue weighted by Crippen LogP contribution is 2.31. The van der Waals surface area contributed by atoms with Crippen LogP contribution >= 0.6 is 0 Å². The van der Waals surface area contributed by atoms with Gasteiger partial charge in [0.25, 0.3) is 0 Å². The predicted molar refractivity (Wildman–Crippen MR) is 72.5 cm³/mol. The minimum absolute atomic E-state index is 0.151. The van der Waals surface area contributed by atoms with Gasteiger partial charge in [-0.3, -0.25) is 5.32 Å². The summed E-state index contributed by atoms with van der Waals surface area (Å²) in [6.07, 6.45) is 3.74. The van der Waals surface area contributed by atoms with Crippen LogP contribution in [0.3, 0.4) is 0 Å². The zero-order valence-corrected chi connectivity index (χ0v) is 10.8. The SMILES string of the molecule is CN1CCc2cc(C(C#N)NCC3CC3)ccc21. The van der Waals surface area contributed by atoms with Crippen molar-refractivity contribution in [3.8, 4) is 6.07 Å². The normalized spacial score (nSPS) is 19.4. The molecule has 1 aromatic rings. The van der Waals surface area contributed by atoms with Crippen molar-refractivity contribution >= 4 is 5.69 Å². The van der Waals surface area contributed by atoms with E-state index in [0.717, 1.165) is 31.0 Å². The molecule has 1 aromatic carbocycles. The Bertz CT molecular complexity index is 485. The summed E-state index contributed by atoms with van der Waals surface area (Å²) < 4.78 is 0. The molecule has 0 radical (unpaired) electrons. The number of rotatable bonds is 4. The molecule has 1 saturated carbocycles. The number of nitrogens with one attached hydrogen (secondary N) is 1. The molecule has 1 unspecified atom stereocenters. The van der Waals surface area contributed by atoms with Crippen LogP contribution in [0.2, 0.25) is 0 Å². The van der Waals surface area contributed by atoms with Gasteiger partial charge in [0, 0.05) is 19.3 Å². The summed E-state index contributed by atoms with van der Waals surface area (Å²) in [5.74, 6) is 0.807. The van der Waals surface area contributed by atoms with E-state index >= 15 is 0 Å². The third-order valence-electron chi connectivity index (χ3n) is 4.00. The number of likely N-dealkylation sites (N-methyl/N-ethyl adjacent to an activating group) is 1. The fourth-order valence-corrected chi connectivity index (χ4v) is 2.61. The molecule has 94 valence electrons. The first-order valence-electron chi connectivity index (χ1n) is 6.75. The summed E-state index contributed by atoms with van der Waals surface area (Å²) in [6.45, 7) is 2.07. The van der Waals surface area contributed by atoms with Crippen molar-refractivity contribution in [3.63, 3.8) is 0 Å². The lowest BCUT2D eigenvalue weighted by atomic mass is 10.0. The zero-order valence-electron chi connectivity index (χ0n) is 10.8. The highest BCUT2D eigenvalue weighted by atomic mass is 15.1. The molecular weight excluding hydrogens is 222 g/mol. The second kappa shape index (κ2) is 4.62. The van der Waals surface area contributed by atoms with Crippen molar-refractivity contribution in [2.45, 2.75) is 25.3 Å². The predicted octanol–water partition coefficient (Wildman–Crippen LogP) is 2.24. The van der Waals surface area contributed by atoms with Crippen molar-refractivity contribution in [3.05, 3.63) is 29.3 Å². The van der Waals surface area contributed by atoms with Crippen LogP contribution in [0.25, 0.3) is 0 Å². The molecule has 0 spiro atoms. The quantitative estimate of drug-likeness (QED) is 0.878. The third kappa shape index (κ3) is 2.21. The summed E-state index contributed by atoms with van der Waals surface area (Å²) >= 11 is 0. The molecule has 0 aromatic heterocycles. The Labute approximate surface area is 108 Å². The minimum Gasteiger partial charge on any atom is -0.374 e. The maximum absolute atomic E-state index is 9.29. The van der Waals surface area contributed by atoms with Gasteiger partial charge in [-0.05, 0) is 48.9 Å². The second-order valence-electron chi connectivity index (χ2n) is 5.47. The van der Waals surface area contributed by atoms with Gasteiger partial charge in [-0.1, -0.05) is 12.1 Å². The number of hydrogen-bond donors (Lipinski definition) is 1. The van der Waals surface area contributed by atoms with Crippen LogP contribution in [0.15, 0.2) is 18.2 Å². The molecule has 1 aliphatic heterocycles. The van der Waals surface area contributed by atoms with Gasteiger partial charge in [0.15, 0.2) is 0 Å². The number of hydrogen-bond acceptors (Lipinski definition) is 3. The number of nitriles is 1. The summed E-state index contributed by atoms with van der Waals surface area (Å²) in [4.78, 5) is 2.28. The van der Waals surface area contributed by atoms with E-state index in [4.69, 9.17) is 0 Å². The Morgan fingerprint density at radius 2 is 2.33 bits per heavy atom. The maximum atomic E-state index is 9.29. The van der Waals surface area contributed by atoms with Gasteiger partial charge in [0.2, 0.25) is 0 Å². The molecule has 18 heavy (non-hydrogen) atoms. The van der Waals surface area contributed by atoms with E-state index in [-0.39, 0.29) is 6.04 Å². The average Bonchev–Trinajstić information content (AvgIpc) is 3.14. The van der Waals surface area contributed by atoms with E-state index < -0.39 is 0 Å². The van der Waals surface area contributed by atoms with E-state index in [2.05, 4.69) is 41.5 Å². The summed E-state index contributed by atoms with van der Waals surface area (Å²) in [7, 11) is 2.12. The van der Waals surface area contributed by atoms with Crippen molar-refractivity contribution < 1.29 is 0 Å². The Hall–Kier alpha value is -1.53. The lowest BCUT2D eigenvalue weighted by Gasteiger charge is -2.15. The first-order valence-corrected chi connectivity index (χ1v) is 6.75. The largest absolute Gasteiger partial charge is 0.374 e. The molecule has 1 fully saturated rings. The van der Waals surface area contributed by atoms with Crippen molar-refractivity contribution in [1.29, 1.82) is 5.26 Å². The molecule has 3 heteroatoms. The molecule has 3 rings (SSSR count). The molecule has 0 saturated heterocycles. The number of nitrogens with zero attached hydrogens (tertiary/aromatic N) is 2. The Balaban J connectivity index is 1.76. The van der Waals surface area contributed by atoms with Crippen LogP contribution in [0.4, 0.5) is 5.69 Å². The van der Waals surface area contributed by atoms with E-state index in [1.165, 1.54) is 24.1 Å². The van der Waals surface area contributed by atoms with Gasteiger partial charge in [-0.25, -0.2) is 0 Å². The van der Waals surface area contributed by atoms with E-state index in [9.17, 15) is 5.26 Å². The maximum Gasteiger partial charge on any atom is 0.121 e. The van der Waals surface area contributed by atoms with Crippen LogP contribution in [0.5, 0.6) is 0 Å². The second-order valence-corrected chi connectivity index (χ2v) is 5.47. The topological polar surface area (TPSA) is 39.1 Å². The first kappa shape index (κ1) is 11.6. The number of fused-ring (bicyclic) bond motifs is 1. The van der Waals surface area contributed by atoms with Gasteiger partial charge in [0.05, 0.1) is 6.07 Å². The molecule has 2 aliphatic rings. The molecular formula is C15H19N3. The van der Waals surface area contributed by atoms with Crippen molar-refractivity contribution in [2.75, 3.05) is 25.0 Å². The molecule has 1 atom stereocenters. The Kier molecular flexibility index (Phi) is 2.97. The molecule has 0 amide bonds. The highest BCUT2D eigenvalue weighted by molar-refractivity contribution is 5.59. The smallest absolute Gasteiger partial charge is 0.121 e. The lowest BCUT2D eigenvalue weighted by molar-refractivity contribution is 0.593. The summed E-state index contributed by atoms with van der Waals surface area (Å²) in [6, 6.07) is 8.67. The standard InChI is InChI=1S/C15H19N3/c1-18-7-6-13-8-12(4-5-15(13)18)14(9-16)17-10-11-2-3-11/h4-5,8,11,14,17H,2-3,6-7,10H2,1H3. The number of benzene rings is 1. The van der Waals surface area contributed by atoms with Crippen LogP contribution in [0, 0.1) is 17.2 Å². The van der Waals surface area contributed by atoms with Gasteiger partial charge < -0.3 is 4.90 Å². The Morgan fingerprint density at radius 1 is 1.50 bits per heavy atom. The van der Waals surface area contributed by atoms with Gasteiger partial charge >= 0.3 is 0 Å². The third-order valence-corrected chi connectivity index (χ3v) is 4.00. The fraction of sp³-hybridized carbons (Fsp3) is 0.533. The highest BCUT2D eigenvalue weighted by Gasteiger charge is 2.23. The van der Waals surface area contributed by atoms with Crippen LogP contribution in [0.1, 0.15) is 30.0 Å². The molecule has 1 N–H and O–H groups in total. The van der Waals surface area contributed by atoms with Gasteiger partial charge in [-0.2, -0.15) is 5.26 Å². The van der Waals surface area contributed by atoms with E-state index in [1.807, 2.05) is 0 Å². The number of anilines is 1. The van der Waals surface area contributed by atoms with E-state index in [1.54, 1.807) is 0 Å². The van der Waals surface area contributed by atoms with Crippen molar-refractivity contribution in [2.24, 2.45) is 5.92 Å². The van der Waals surface area contributed by atoms with Crippen LogP contribution in [-0.2, 0) is 6.42 Å². The molecule has 1 heterocycles. The Morgan fingerprint density at radius 3 is 3.06 bits per heavy atom. The summed E-state index contributed by atoms with van der Waals surface area (Å²) in [5, 5.41) is 12.7. The van der Waals surface area contributed by atoms with E-state index in [0.29, 0.717) is 0 Å². The van der Waals surface area contributed by atoms with Crippen molar-refractivity contribution in [1.82, 2.24) is 5.32 Å². The van der Waals surface area contributed by atoms with Crippen LogP contribution in [-0.4, -0.2) is 20.1 Å². The average molecular weight is 241 g/mol. The zero-order chi connectivity index (χ0) is 12.5. The molecule has 0 bridgehead atoms. The molecule has 1 aliphatic carbocycles.